The summed E-state index contributed by atoms with van der Waals surface area (Å²) in [6.07, 6.45) is 6.59. The fourth-order valence-corrected chi connectivity index (χ4v) is 2.78. The minimum Gasteiger partial charge on any atom is -0.354 e. The molecule has 0 bridgehead atoms. The third kappa shape index (κ3) is 10.3. The zero-order valence-corrected chi connectivity index (χ0v) is 16.1. The number of nitrogens with one attached hydrogen (secondary N) is 3. The third-order valence-corrected chi connectivity index (χ3v) is 4.41. The molecule has 1 aliphatic rings. The van der Waals surface area contributed by atoms with Crippen molar-refractivity contribution in [3.63, 3.8) is 0 Å². The van der Waals surface area contributed by atoms with Gasteiger partial charge in [0.15, 0.2) is 0 Å². The van der Waals surface area contributed by atoms with Crippen LogP contribution in [0.5, 0.6) is 0 Å². The number of hydrogen-bond acceptors (Lipinski definition) is 4. The van der Waals surface area contributed by atoms with Gasteiger partial charge in [0.25, 0.3) is 0 Å². The monoisotopic (exact) mass is 376 g/mol. The Kier molecular flexibility index (Phi) is 12.2. The van der Waals surface area contributed by atoms with E-state index < -0.39 is 6.04 Å². The van der Waals surface area contributed by atoms with Gasteiger partial charge in [-0.1, -0.05) is 33.1 Å². The van der Waals surface area contributed by atoms with E-state index in [4.69, 9.17) is 5.73 Å². The van der Waals surface area contributed by atoms with Crippen LogP contribution in [0, 0.1) is 11.8 Å². The lowest BCUT2D eigenvalue weighted by Gasteiger charge is -2.20. The second-order valence-corrected chi connectivity index (χ2v) is 6.90. The summed E-state index contributed by atoms with van der Waals surface area (Å²) in [6, 6.07) is -0.614. The Hall–Kier alpha value is -1.34. The number of carbonyl (C=O) groups excluding carboxylic acids is 3. The van der Waals surface area contributed by atoms with E-state index in [2.05, 4.69) is 16.0 Å². The zero-order valence-electron chi connectivity index (χ0n) is 15.3. The lowest BCUT2D eigenvalue weighted by molar-refractivity contribution is -0.127. The largest absolute Gasteiger partial charge is 0.354 e. The van der Waals surface area contributed by atoms with Crippen molar-refractivity contribution in [2.45, 2.75) is 58.4 Å². The summed E-state index contributed by atoms with van der Waals surface area (Å²) in [5, 5.41) is 7.98. The SMILES string of the molecule is CC(C)[C@H](N)C(=O)NCC(=O)NCCNC(=O)CC1CCCCC1.Cl. The highest BCUT2D eigenvalue weighted by Crippen LogP contribution is 2.25. The number of nitrogens with two attached hydrogens (primary N) is 1. The van der Waals surface area contributed by atoms with Gasteiger partial charge in [-0.25, -0.2) is 0 Å². The van der Waals surface area contributed by atoms with Gasteiger partial charge in [0.1, 0.15) is 0 Å². The second kappa shape index (κ2) is 12.9. The summed E-state index contributed by atoms with van der Waals surface area (Å²) in [6.45, 7) is 4.34. The molecule has 0 aliphatic heterocycles. The lowest BCUT2D eigenvalue weighted by atomic mass is 9.87. The first-order valence-electron chi connectivity index (χ1n) is 8.96. The van der Waals surface area contributed by atoms with Crippen molar-refractivity contribution in [1.82, 2.24) is 16.0 Å². The Morgan fingerprint density at radius 1 is 0.960 bits per heavy atom. The molecule has 0 aromatic rings. The summed E-state index contributed by atoms with van der Waals surface area (Å²) >= 11 is 0. The Morgan fingerprint density at radius 2 is 1.52 bits per heavy atom. The molecular formula is C17H33ClN4O3. The molecule has 1 atom stereocenters. The minimum atomic E-state index is -0.614. The van der Waals surface area contributed by atoms with Gasteiger partial charge in [0.05, 0.1) is 12.6 Å². The van der Waals surface area contributed by atoms with Gasteiger partial charge in [0.2, 0.25) is 17.7 Å². The van der Waals surface area contributed by atoms with Gasteiger partial charge < -0.3 is 21.7 Å². The van der Waals surface area contributed by atoms with Gasteiger partial charge >= 0.3 is 0 Å². The molecule has 0 spiro atoms. The average molecular weight is 377 g/mol. The normalized spacial score (nSPS) is 15.8. The lowest BCUT2D eigenvalue weighted by Crippen LogP contribution is -2.47. The van der Waals surface area contributed by atoms with Crippen LogP contribution in [-0.4, -0.2) is 43.4 Å². The Bertz CT molecular complexity index is 426. The molecule has 0 saturated heterocycles. The molecule has 0 aromatic heterocycles. The summed E-state index contributed by atoms with van der Waals surface area (Å²) in [7, 11) is 0. The van der Waals surface area contributed by atoms with Crippen molar-refractivity contribution >= 4 is 30.1 Å². The molecule has 1 fully saturated rings. The van der Waals surface area contributed by atoms with Crippen molar-refractivity contribution in [2.75, 3.05) is 19.6 Å². The van der Waals surface area contributed by atoms with Crippen molar-refractivity contribution < 1.29 is 14.4 Å². The maximum Gasteiger partial charge on any atom is 0.239 e. The number of rotatable bonds is 9. The van der Waals surface area contributed by atoms with Crippen LogP contribution in [0.15, 0.2) is 0 Å². The van der Waals surface area contributed by atoms with Crippen LogP contribution in [0.4, 0.5) is 0 Å². The van der Waals surface area contributed by atoms with Crippen LogP contribution >= 0.6 is 12.4 Å². The highest BCUT2D eigenvalue weighted by Gasteiger charge is 2.18. The predicted octanol–water partition coefficient (Wildman–Crippen LogP) is 0.711. The topological polar surface area (TPSA) is 113 Å². The smallest absolute Gasteiger partial charge is 0.239 e. The molecule has 25 heavy (non-hydrogen) atoms. The number of amides is 3. The quantitative estimate of drug-likeness (QED) is 0.444. The van der Waals surface area contributed by atoms with E-state index in [-0.39, 0.29) is 42.6 Å². The molecule has 8 heteroatoms. The van der Waals surface area contributed by atoms with E-state index in [0.717, 1.165) is 12.8 Å². The van der Waals surface area contributed by atoms with Crippen molar-refractivity contribution in [3.05, 3.63) is 0 Å². The predicted molar refractivity (Wildman–Crippen MR) is 100 cm³/mol. The Morgan fingerprint density at radius 3 is 2.08 bits per heavy atom. The fourth-order valence-electron chi connectivity index (χ4n) is 2.78. The van der Waals surface area contributed by atoms with Crippen LogP contribution in [0.2, 0.25) is 0 Å². The van der Waals surface area contributed by atoms with Crippen LogP contribution in [0.1, 0.15) is 52.4 Å². The Balaban J connectivity index is 0.00000576. The molecule has 146 valence electrons. The van der Waals surface area contributed by atoms with Crippen LogP contribution in [-0.2, 0) is 14.4 Å². The van der Waals surface area contributed by atoms with Crippen LogP contribution in [0.3, 0.4) is 0 Å². The van der Waals surface area contributed by atoms with E-state index in [0.29, 0.717) is 25.4 Å². The maximum atomic E-state index is 11.8. The summed E-state index contributed by atoms with van der Waals surface area (Å²) < 4.78 is 0. The number of halogens is 1. The van der Waals surface area contributed by atoms with Crippen LogP contribution < -0.4 is 21.7 Å². The van der Waals surface area contributed by atoms with E-state index >= 15 is 0 Å². The standard InChI is InChI=1S/C17H32N4O3.ClH/c1-12(2)16(18)17(24)21-11-15(23)20-9-8-19-14(22)10-13-6-4-3-5-7-13;/h12-13,16H,3-11,18H2,1-2H3,(H,19,22)(H,20,23)(H,21,24);1H/t16-;/m0./s1. The summed E-state index contributed by atoms with van der Waals surface area (Å²) in [5.41, 5.74) is 5.69. The number of hydrogen-bond donors (Lipinski definition) is 4. The average Bonchev–Trinajstić information content (AvgIpc) is 2.56. The van der Waals surface area contributed by atoms with Gasteiger partial charge in [-0.15, -0.1) is 12.4 Å². The number of carbonyl (C=O) groups is 3. The molecule has 1 rings (SSSR count). The highest BCUT2D eigenvalue weighted by atomic mass is 35.5. The molecule has 0 unspecified atom stereocenters. The molecular weight excluding hydrogens is 344 g/mol. The third-order valence-electron chi connectivity index (χ3n) is 4.41. The first-order valence-corrected chi connectivity index (χ1v) is 8.96. The molecule has 5 N–H and O–H groups in total. The first kappa shape index (κ1) is 23.7. The summed E-state index contributed by atoms with van der Waals surface area (Å²) in [5.74, 6) is -0.0460. The molecule has 0 aromatic carbocycles. The van der Waals surface area contributed by atoms with E-state index in [1.165, 1.54) is 19.3 Å². The van der Waals surface area contributed by atoms with E-state index in [1.807, 2.05) is 13.8 Å². The van der Waals surface area contributed by atoms with Crippen molar-refractivity contribution in [1.29, 1.82) is 0 Å². The molecule has 1 aliphatic carbocycles. The minimum absolute atomic E-state index is 0. The van der Waals surface area contributed by atoms with Crippen LogP contribution in [0.25, 0.3) is 0 Å². The first-order chi connectivity index (χ1) is 11.4. The molecule has 0 heterocycles. The van der Waals surface area contributed by atoms with Gasteiger partial charge in [-0.3, -0.25) is 14.4 Å². The van der Waals surface area contributed by atoms with Gasteiger partial charge in [0, 0.05) is 19.5 Å². The maximum absolute atomic E-state index is 11.8. The van der Waals surface area contributed by atoms with Crippen molar-refractivity contribution in [2.24, 2.45) is 17.6 Å². The molecule has 0 radical (unpaired) electrons. The molecule has 1 saturated carbocycles. The van der Waals surface area contributed by atoms with Crippen molar-refractivity contribution in [3.8, 4) is 0 Å². The van der Waals surface area contributed by atoms with E-state index in [1.54, 1.807) is 0 Å². The summed E-state index contributed by atoms with van der Waals surface area (Å²) in [4.78, 5) is 35.1. The Labute approximate surface area is 156 Å². The molecule has 7 nitrogen and oxygen atoms in total. The van der Waals surface area contributed by atoms with E-state index in [9.17, 15) is 14.4 Å². The second-order valence-electron chi connectivity index (χ2n) is 6.90. The fraction of sp³-hybridized carbons (Fsp3) is 0.824. The van der Waals surface area contributed by atoms with Gasteiger partial charge in [-0.2, -0.15) is 0 Å². The zero-order chi connectivity index (χ0) is 17.9. The van der Waals surface area contributed by atoms with Gasteiger partial charge in [-0.05, 0) is 24.7 Å². The molecule has 3 amide bonds. The highest BCUT2D eigenvalue weighted by molar-refractivity contribution is 5.87.